The van der Waals surface area contributed by atoms with Gasteiger partial charge in [0.2, 0.25) is 0 Å². The van der Waals surface area contributed by atoms with Crippen molar-refractivity contribution in [2.75, 3.05) is 6.61 Å². The molecule has 0 bridgehead atoms. The molecule has 0 aliphatic carbocycles. The smallest absolute Gasteiger partial charge is 0.303 e. The van der Waals surface area contributed by atoms with E-state index in [0.717, 1.165) is 29.0 Å². The Labute approximate surface area is 153 Å². The van der Waals surface area contributed by atoms with E-state index in [9.17, 15) is 4.79 Å². The molecule has 2 aromatic rings. The summed E-state index contributed by atoms with van der Waals surface area (Å²) in [7, 11) is 0. The summed E-state index contributed by atoms with van der Waals surface area (Å²) in [5, 5.41) is 9.45. The Morgan fingerprint density at radius 1 is 1.16 bits per heavy atom. The zero-order chi connectivity index (χ0) is 18.2. The predicted octanol–water partition coefficient (Wildman–Crippen LogP) is 4.90. The van der Waals surface area contributed by atoms with Crippen molar-refractivity contribution in [2.24, 2.45) is 0 Å². The highest BCUT2D eigenvalue weighted by Gasteiger charge is 2.07. The van der Waals surface area contributed by atoms with E-state index in [-0.39, 0.29) is 12.5 Å². The van der Waals surface area contributed by atoms with Crippen molar-refractivity contribution in [3.8, 4) is 11.5 Å². The zero-order valence-electron chi connectivity index (χ0n) is 14.5. The van der Waals surface area contributed by atoms with Gasteiger partial charge in [0, 0.05) is 17.9 Å². The van der Waals surface area contributed by atoms with Crippen molar-refractivity contribution < 1.29 is 19.4 Å². The normalized spacial score (nSPS) is 11.8. The number of benzene rings is 2. The number of aliphatic carboxylic acids is 1. The summed E-state index contributed by atoms with van der Waals surface area (Å²) < 4.78 is 11.6. The van der Waals surface area contributed by atoms with E-state index in [0.29, 0.717) is 18.1 Å². The predicted molar refractivity (Wildman–Crippen MR) is 98.8 cm³/mol. The van der Waals surface area contributed by atoms with Crippen LogP contribution in [0.25, 0.3) is 0 Å². The van der Waals surface area contributed by atoms with Crippen molar-refractivity contribution in [3.05, 3.63) is 58.6 Å². The first-order valence-electron chi connectivity index (χ1n) is 8.30. The minimum Gasteiger partial charge on any atom is -0.493 e. The van der Waals surface area contributed by atoms with Gasteiger partial charge in [-0.25, -0.2) is 0 Å². The van der Waals surface area contributed by atoms with Gasteiger partial charge in [-0.2, -0.15) is 0 Å². The van der Waals surface area contributed by atoms with Crippen molar-refractivity contribution in [2.45, 2.75) is 39.2 Å². The van der Waals surface area contributed by atoms with Crippen molar-refractivity contribution >= 4 is 17.6 Å². The van der Waals surface area contributed by atoms with Gasteiger partial charge in [-0.15, -0.1) is 0 Å². The lowest BCUT2D eigenvalue weighted by atomic mass is 10.0. The van der Waals surface area contributed by atoms with Crippen LogP contribution in [0, 0.1) is 6.92 Å². The number of hydrogen-bond donors (Lipinski definition) is 1. The monoisotopic (exact) mass is 362 g/mol. The van der Waals surface area contributed by atoms with Crippen LogP contribution in [0.1, 0.15) is 30.9 Å². The van der Waals surface area contributed by atoms with Gasteiger partial charge in [0.25, 0.3) is 0 Å². The minimum absolute atomic E-state index is 0.0251. The van der Waals surface area contributed by atoms with Crippen molar-refractivity contribution in [1.82, 2.24) is 0 Å². The molecule has 1 atom stereocenters. The molecule has 5 heteroatoms. The molecule has 2 rings (SSSR count). The van der Waals surface area contributed by atoms with Gasteiger partial charge < -0.3 is 14.6 Å². The summed E-state index contributed by atoms with van der Waals surface area (Å²) in [6.45, 7) is 4.51. The molecule has 0 saturated carbocycles. The zero-order valence-corrected chi connectivity index (χ0v) is 15.3. The molecule has 0 unspecified atom stereocenters. The third kappa shape index (κ3) is 6.67. The van der Waals surface area contributed by atoms with Gasteiger partial charge in [0.1, 0.15) is 11.5 Å². The van der Waals surface area contributed by atoms with E-state index in [1.165, 1.54) is 0 Å². The first kappa shape index (κ1) is 19.1. The van der Waals surface area contributed by atoms with Crippen LogP contribution in [0.2, 0.25) is 5.02 Å². The van der Waals surface area contributed by atoms with Crippen LogP contribution >= 0.6 is 11.6 Å². The summed E-state index contributed by atoms with van der Waals surface area (Å²) in [4.78, 5) is 10.7. The fourth-order valence-electron chi connectivity index (χ4n) is 2.43. The largest absolute Gasteiger partial charge is 0.493 e. The molecule has 0 saturated heterocycles. The maximum absolute atomic E-state index is 10.7. The molecule has 0 aliphatic heterocycles. The SMILES string of the molecule is Cc1cc(OCC[C@@H](C)Oc2ccc(Cl)cc2)ccc1CCC(=O)O. The van der Waals surface area contributed by atoms with Crippen LogP contribution in [0.3, 0.4) is 0 Å². The molecule has 0 aromatic heterocycles. The lowest BCUT2D eigenvalue weighted by molar-refractivity contribution is -0.136. The highest BCUT2D eigenvalue weighted by atomic mass is 35.5. The first-order chi connectivity index (χ1) is 11.9. The molecule has 0 aliphatic rings. The second kappa shape index (κ2) is 9.33. The lowest BCUT2D eigenvalue weighted by Gasteiger charge is -2.15. The Morgan fingerprint density at radius 3 is 2.48 bits per heavy atom. The quantitative estimate of drug-likeness (QED) is 0.689. The molecule has 0 heterocycles. The molecular weight excluding hydrogens is 340 g/mol. The van der Waals surface area contributed by atoms with Gasteiger partial charge in [0.15, 0.2) is 0 Å². The fraction of sp³-hybridized carbons (Fsp3) is 0.350. The molecule has 0 fully saturated rings. The minimum atomic E-state index is -0.783. The maximum Gasteiger partial charge on any atom is 0.303 e. The van der Waals surface area contributed by atoms with Crippen molar-refractivity contribution in [1.29, 1.82) is 0 Å². The maximum atomic E-state index is 10.7. The molecule has 4 nitrogen and oxygen atoms in total. The van der Waals surface area contributed by atoms with E-state index in [1.807, 2.05) is 44.2 Å². The Morgan fingerprint density at radius 2 is 1.84 bits per heavy atom. The molecule has 25 heavy (non-hydrogen) atoms. The lowest BCUT2D eigenvalue weighted by Crippen LogP contribution is -2.15. The van der Waals surface area contributed by atoms with E-state index in [4.69, 9.17) is 26.2 Å². The molecule has 134 valence electrons. The van der Waals surface area contributed by atoms with E-state index >= 15 is 0 Å². The molecular formula is C20H23ClO4. The molecule has 0 amide bonds. The number of aryl methyl sites for hydroxylation is 2. The van der Waals surface area contributed by atoms with Crippen LogP contribution in [0.5, 0.6) is 11.5 Å². The van der Waals surface area contributed by atoms with Crippen molar-refractivity contribution in [3.63, 3.8) is 0 Å². The second-order valence-electron chi connectivity index (χ2n) is 6.00. The van der Waals surface area contributed by atoms with Crippen LogP contribution < -0.4 is 9.47 Å². The summed E-state index contributed by atoms with van der Waals surface area (Å²) in [6.07, 6.45) is 1.45. The fourth-order valence-corrected chi connectivity index (χ4v) is 2.55. The number of rotatable bonds is 9. The molecule has 2 aromatic carbocycles. The number of carbonyl (C=O) groups is 1. The number of halogens is 1. The summed E-state index contributed by atoms with van der Waals surface area (Å²) >= 11 is 5.85. The number of carboxylic acid groups (broad SMARTS) is 1. The number of carboxylic acids is 1. The Bertz CT molecular complexity index is 697. The van der Waals surface area contributed by atoms with Gasteiger partial charge in [-0.1, -0.05) is 17.7 Å². The average molecular weight is 363 g/mol. The van der Waals surface area contributed by atoms with E-state index in [1.54, 1.807) is 12.1 Å². The van der Waals surface area contributed by atoms with Crippen LogP contribution in [0.4, 0.5) is 0 Å². The topological polar surface area (TPSA) is 55.8 Å². The molecule has 0 radical (unpaired) electrons. The van der Waals surface area contributed by atoms with Gasteiger partial charge in [0.05, 0.1) is 12.7 Å². The Hall–Kier alpha value is -2.20. The van der Waals surface area contributed by atoms with Crippen LogP contribution in [-0.2, 0) is 11.2 Å². The standard InChI is InChI=1S/C20H23ClO4/c1-14-13-19(7-3-16(14)4-10-20(22)23)24-12-11-15(2)25-18-8-5-17(21)6-9-18/h3,5-9,13,15H,4,10-12H2,1-2H3,(H,22,23)/t15-/m1/s1. The summed E-state index contributed by atoms with van der Waals surface area (Å²) in [5.41, 5.74) is 2.08. The first-order valence-corrected chi connectivity index (χ1v) is 8.68. The Kier molecular flexibility index (Phi) is 7.14. The van der Waals surface area contributed by atoms with E-state index in [2.05, 4.69) is 0 Å². The Balaban J connectivity index is 1.77. The van der Waals surface area contributed by atoms with Crippen LogP contribution in [0.15, 0.2) is 42.5 Å². The van der Waals surface area contributed by atoms with Gasteiger partial charge in [-0.05, 0) is 67.8 Å². The third-order valence-corrected chi connectivity index (χ3v) is 4.12. The average Bonchev–Trinajstić information content (AvgIpc) is 2.56. The highest BCUT2D eigenvalue weighted by molar-refractivity contribution is 6.30. The van der Waals surface area contributed by atoms with Gasteiger partial charge >= 0.3 is 5.97 Å². The van der Waals surface area contributed by atoms with Gasteiger partial charge in [-0.3, -0.25) is 4.79 Å². The second-order valence-corrected chi connectivity index (χ2v) is 6.44. The van der Waals surface area contributed by atoms with Crippen LogP contribution in [-0.4, -0.2) is 23.8 Å². The molecule has 1 N–H and O–H groups in total. The summed E-state index contributed by atoms with van der Waals surface area (Å²) in [6, 6.07) is 13.1. The summed E-state index contributed by atoms with van der Waals surface area (Å²) in [5.74, 6) is 0.792. The highest BCUT2D eigenvalue weighted by Crippen LogP contribution is 2.20. The third-order valence-electron chi connectivity index (χ3n) is 3.87. The van der Waals surface area contributed by atoms with E-state index < -0.39 is 5.97 Å². The number of ether oxygens (including phenoxy) is 2. The number of hydrogen-bond acceptors (Lipinski definition) is 3. The molecule has 0 spiro atoms.